The number of aliphatic carboxylic acids is 1. The van der Waals surface area contributed by atoms with Crippen LogP contribution >= 0.6 is 0 Å². The highest BCUT2D eigenvalue weighted by Gasteiger charge is 2.27. The molecule has 1 aromatic rings. The van der Waals surface area contributed by atoms with E-state index in [1.807, 2.05) is 0 Å². The van der Waals surface area contributed by atoms with Gasteiger partial charge < -0.3 is 29.9 Å². The molecule has 0 unspecified atom stereocenters. The first-order chi connectivity index (χ1) is 14.0. The predicted molar refractivity (Wildman–Crippen MR) is 106 cm³/mol. The third-order valence-electron chi connectivity index (χ3n) is 5.33. The van der Waals surface area contributed by atoms with Crippen molar-refractivity contribution in [3.63, 3.8) is 0 Å². The molecule has 1 fully saturated rings. The Labute approximate surface area is 170 Å². The lowest BCUT2D eigenvalue weighted by atomic mass is 10.0. The van der Waals surface area contributed by atoms with Gasteiger partial charge in [-0.05, 0) is 56.5 Å². The van der Waals surface area contributed by atoms with Crippen molar-refractivity contribution in [1.29, 1.82) is 0 Å². The molecule has 8 nitrogen and oxygen atoms in total. The molecule has 2 aliphatic heterocycles. The SMILES string of the molecule is O=C(O)CCCCC(=O)N[C@H](CN1CCCC1)[C@H](O)c1ccc2c(c1)OCCO2. The molecule has 0 saturated carbocycles. The molecule has 3 rings (SSSR count). The van der Waals surface area contributed by atoms with Gasteiger partial charge in [-0.1, -0.05) is 6.07 Å². The Morgan fingerprint density at radius 2 is 1.76 bits per heavy atom. The second-order valence-corrected chi connectivity index (χ2v) is 7.63. The number of aliphatic hydroxyl groups excluding tert-OH is 1. The Hall–Kier alpha value is -2.32. The molecule has 1 amide bonds. The van der Waals surface area contributed by atoms with Gasteiger partial charge in [0, 0.05) is 19.4 Å². The largest absolute Gasteiger partial charge is 0.486 e. The molecule has 8 heteroatoms. The Kier molecular flexibility index (Phi) is 7.71. The number of benzene rings is 1. The third-order valence-corrected chi connectivity index (χ3v) is 5.33. The molecule has 3 N–H and O–H groups in total. The summed E-state index contributed by atoms with van der Waals surface area (Å²) in [5, 5.41) is 22.7. The number of carbonyl (C=O) groups is 2. The van der Waals surface area contributed by atoms with Crippen LogP contribution in [0.5, 0.6) is 11.5 Å². The number of rotatable bonds is 10. The molecule has 0 radical (unpaired) electrons. The Morgan fingerprint density at radius 3 is 2.48 bits per heavy atom. The Morgan fingerprint density at radius 1 is 1.07 bits per heavy atom. The average Bonchev–Trinajstić information content (AvgIpc) is 3.23. The normalized spacial score (nSPS) is 18.2. The fourth-order valence-electron chi connectivity index (χ4n) is 3.78. The first-order valence-electron chi connectivity index (χ1n) is 10.3. The number of carboxylic acids is 1. The van der Waals surface area contributed by atoms with Crippen molar-refractivity contribution in [3.05, 3.63) is 23.8 Å². The van der Waals surface area contributed by atoms with Gasteiger partial charge in [-0.15, -0.1) is 0 Å². The quantitative estimate of drug-likeness (QED) is 0.508. The molecular weight excluding hydrogens is 376 g/mol. The summed E-state index contributed by atoms with van der Waals surface area (Å²) in [6.07, 6.45) is 2.64. The van der Waals surface area contributed by atoms with Gasteiger partial charge in [-0.25, -0.2) is 0 Å². The van der Waals surface area contributed by atoms with E-state index in [0.717, 1.165) is 25.9 Å². The number of hydrogen-bond donors (Lipinski definition) is 3. The van der Waals surface area contributed by atoms with E-state index in [2.05, 4.69) is 10.2 Å². The summed E-state index contributed by atoms with van der Waals surface area (Å²) in [6.45, 7) is 3.45. The van der Waals surface area contributed by atoms with E-state index in [-0.39, 0.29) is 18.7 Å². The van der Waals surface area contributed by atoms with Crippen LogP contribution in [0.2, 0.25) is 0 Å². The molecule has 1 aromatic carbocycles. The van der Waals surface area contributed by atoms with Crippen molar-refractivity contribution in [3.8, 4) is 11.5 Å². The lowest BCUT2D eigenvalue weighted by molar-refractivity contribution is -0.137. The van der Waals surface area contributed by atoms with E-state index in [9.17, 15) is 14.7 Å². The van der Waals surface area contributed by atoms with Crippen LogP contribution in [0.1, 0.15) is 50.2 Å². The van der Waals surface area contributed by atoms with Gasteiger partial charge in [0.25, 0.3) is 0 Å². The minimum Gasteiger partial charge on any atom is -0.486 e. The monoisotopic (exact) mass is 406 g/mol. The first-order valence-corrected chi connectivity index (χ1v) is 10.3. The van der Waals surface area contributed by atoms with Crippen LogP contribution in [0.4, 0.5) is 0 Å². The smallest absolute Gasteiger partial charge is 0.303 e. The van der Waals surface area contributed by atoms with Crippen LogP contribution in [-0.2, 0) is 9.59 Å². The first kappa shape index (κ1) is 21.4. The van der Waals surface area contributed by atoms with Gasteiger partial charge in [0.1, 0.15) is 19.3 Å². The van der Waals surface area contributed by atoms with E-state index in [1.54, 1.807) is 18.2 Å². The van der Waals surface area contributed by atoms with Gasteiger partial charge in [-0.3, -0.25) is 9.59 Å². The zero-order chi connectivity index (χ0) is 20.6. The molecule has 0 bridgehead atoms. The van der Waals surface area contributed by atoms with Crippen LogP contribution in [-0.4, -0.2) is 65.9 Å². The summed E-state index contributed by atoms with van der Waals surface area (Å²) >= 11 is 0. The topological polar surface area (TPSA) is 108 Å². The number of carbonyl (C=O) groups excluding carboxylic acids is 1. The lowest BCUT2D eigenvalue weighted by Crippen LogP contribution is -2.46. The van der Waals surface area contributed by atoms with Crippen molar-refractivity contribution in [2.75, 3.05) is 32.8 Å². The highest BCUT2D eigenvalue weighted by Crippen LogP contribution is 2.33. The number of ether oxygens (including phenoxy) is 2. The van der Waals surface area contributed by atoms with Crippen LogP contribution in [0.3, 0.4) is 0 Å². The summed E-state index contributed by atoms with van der Waals surface area (Å²) in [5.74, 6) is 0.237. The zero-order valence-electron chi connectivity index (χ0n) is 16.6. The number of carboxylic acid groups (broad SMARTS) is 1. The van der Waals surface area contributed by atoms with Gasteiger partial charge in [0.05, 0.1) is 6.04 Å². The average molecular weight is 406 g/mol. The van der Waals surface area contributed by atoms with Gasteiger partial charge in [-0.2, -0.15) is 0 Å². The number of aliphatic hydroxyl groups is 1. The minimum absolute atomic E-state index is 0.0598. The molecule has 2 heterocycles. The number of unbranched alkanes of at least 4 members (excludes halogenated alkanes) is 1. The van der Waals surface area contributed by atoms with E-state index in [0.29, 0.717) is 49.7 Å². The molecule has 2 atom stereocenters. The van der Waals surface area contributed by atoms with Crippen molar-refractivity contribution in [2.45, 2.75) is 50.7 Å². The fourth-order valence-corrected chi connectivity index (χ4v) is 3.78. The summed E-state index contributed by atoms with van der Waals surface area (Å²) in [7, 11) is 0. The van der Waals surface area contributed by atoms with Crippen LogP contribution < -0.4 is 14.8 Å². The highest BCUT2D eigenvalue weighted by molar-refractivity contribution is 5.76. The van der Waals surface area contributed by atoms with E-state index in [4.69, 9.17) is 14.6 Å². The maximum Gasteiger partial charge on any atom is 0.303 e. The number of hydrogen-bond acceptors (Lipinski definition) is 6. The summed E-state index contributed by atoms with van der Waals surface area (Å²) in [5.41, 5.74) is 0.671. The zero-order valence-corrected chi connectivity index (χ0v) is 16.6. The molecule has 0 spiro atoms. The van der Waals surface area contributed by atoms with Gasteiger partial charge in [0.15, 0.2) is 11.5 Å². The highest BCUT2D eigenvalue weighted by atomic mass is 16.6. The number of likely N-dealkylation sites (tertiary alicyclic amines) is 1. The van der Waals surface area contributed by atoms with Crippen molar-refractivity contribution >= 4 is 11.9 Å². The maximum atomic E-state index is 12.4. The second-order valence-electron chi connectivity index (χ2n) is 7.63. The van der Waals surface area contributed by atoms with Crippen LogP contribution in [0, 0.1) is 0 Å². The maximum absolute atomic E-state index is 12.4. The van der Waals surface area contributed by atoms with Gasteiger partial charge >= 0.3 is 5.97 Å². The predicted octanol–water partition coefficient (Wildman–Crippen LogP) is 1.72. The fraction of sp³-hybridized carbons (Fsp3) is 0.619. The summed E-state index contributed by atoms with van der Waals surface area (Å²) < 4.78 is 11.1. The molecule has 2 aliphatic rings. The van der Waals surface area contributed by atoms with Gasteiger partial charge in [0.2, 0.25) is 5.91 Å². The number of nitrogens with one attached hydrogen (secondary N) is 1. The third kappa shape index (κ3) is 6.33. The van der Waals surface area contributed by atoms with Crippen LogP contribution in [0.25, 0.3) is 0 Å². The number of nitrogens with zero attached hydrogens (tertiary/aromatic N) is 1. The molecule has 29 heavy (non-hydrogen) atoms. The van der Waals surface area contributed by atoms with Crippen molar-refractivity contribution in [1.82, 2.24) is 10.2 Å². The molecule has 1 saturated heterocycles. The number of fused-ring (bicyclic) bond motifs is 1. The second kappa shape index (κ2) is 10.5. The Bertz CT molecular complexity index is 704. The minimum atomic E-state index is -0.880. The van der Waals surface area contributed by atoms with E-state index >= 15 is 0 Å². The van der Waals surface area contributed by atoms with Crippen molar-refractivity contribution in [2.24, 2.45) is 0 Å². The molecule has 0 aliphatic carbocycles. The molecule has 160 valence electrons. The summed E-state index contributed by atoms with van der Waals surface area (Å²) in [6, 6.07) is 4.90. The Balaban J connectivity index is 1.63. The number of amides is 1. The van der Waals surface area contributed by atoms with E-state index in [1.165, 1.54) is 0 Å². The molecule has 0 aromatic heterocycles. The van der Waals surface area contributed by atoms with E-state index < -0.39 is 18.1 Å². The van der Waals surface area contributed by atoms with Crippen LogP contribution in [0.15, 0.2) is 18.2 Å². The standard InChI is InChI=1S/C21H30N2O6/c24-19(5-1-2-6-20(25)26)22-16(14-23-9-3-4-10-23)21(27)15-7-8-17-18(13-15)29-12-11-28-17/h7-8,13,16,21,27H,1-6,9-12,14H2,(H,22,24)(H,25,26)/t16-,21-/m1/s1. The summed E-state index contributed by atoms with van der Waals surface area (Å²) in [4.78, 5) is 25.3. The van der Waals surface area contributed by atoms with Crippen molar-refractivity contribution < 1.29 is 29.3 Å². The lowest BCUT2D eigenvalue weighted by Gasteiger charge is -2.29. The molecular formula is C21H30N2O6.